The fourth-order valence-corrected chi connectivity index (χ4v) is 2.15. The monoisotopic (exact) mass is 313 g/mol. The quantitative estimate of drug-likeness (QED) is 0.729. The van der Waals surface area contributed by atoms with E-state index in [4.69, 9.17) is 4.74 Å². The van der Waals surface area contributed by atoms with E-state index in [1.54, 1.807) is 23.1 Å². The molecule has 0 unspecified atom stereocenters. The predicted octanol–water partition coefficient (Wildman–Crippen LogP) is 3.88. The van der Waals surface area contributed by atoms with Crippen LogP contribution in [0.2, 0.25) is 0 Å². The van der Waals surface area contributed by atoms with Gasteiger partial charge in [-0.3, -0.25) is 0 Å². The number of hydrogen-bond acceptors (Lipinski definition) is 3. The minimum absolute atomic E-state index is 0.427. The zero-order valence-corrected chi connectivity index (χ0v) is 13.5. The van der Waals surface area contributed by atoms with Gasteiger partial charge in [0.05, 0.1) is 23.8 Å². The summed E-state index contributed by atoms with van der Waals surface area (Å²) in [7, 11) is 0. The molecule has 1 aromatic heterocycles. The van der Waals surface area contributed by atoms with Crippen molar-refractivity contribution < 1.29 is 9.53 Å². The van der Waals surface area contributed by atoms with Crippen LogP contribution in [-0.4, -0.2) is 22.5 Å². The van der Waals surface area contributed by atoms with E-state index in [1.165, 1.54) is 19.3 Å². The second-order valence-corrected chi connectivity index (χ2v) is 5.31. The molecule has 0 N–H and O–H groups in total. The van der Waals surface area contributed by atoms with Gasteiger partial charge in [0, 0.05) is 6.20 Å². The Kier molecular flexibility index (Phi) is 7.04. The van der Waals surface area contributed by atoms with Crippen molar-refractivity contribution in [2.45, 2.75) is 39.0 Å². The summed E-state index contributed by atoms with van der Waals surface area (Å²) in [6.45, 7) is 2.60. The first kappa shape index (κ1) is 16.9. The van der Waals surface area contributed by atoms with Crippen molar-refractivity contribution in [3.8, 4) is 5.69 Å². The van der Waals surface area contributed by atoms with Crippen LogP contribution in [-0.2, 0) is 4.74 Å². The number of unbranched alkanes of at least 4 members (excludes halogenated alkanes) is 4. The molecule has 0 saturated carbocycles. The third-order valence-corrected chi connectivity index (χ3v) is 3.42. The van der Waals surface area contributed by atoms with Gasteiger partial charge in [-0.2, -0.15) is 10.1 Å². The van der Waals surface area contributed by atoms with E-state index in [2.05, 4.69) is 17.0 Å². The molecule has 0 aliphatic rings. The van der Waals surface area contributed by atoms with E-state index >= 15 is 0 Å². The van der Waals surface area contributed by atoms with Crippen molar-refractivity contribution >= 4 is 6.09 Å². The van der Waals surface area contributed by atoms with Crippen molar-refractivity contribution in [3.05, 3.63) is 54.1 Å². The number of benzene rings is 1. The van der Waals surface area contributed by atoms with E-state index < -0.39 is 6.09 Å². The van der Waals surface area contributed by atoms with Crippen LogP contribution in [0.1, 0.15) is 39.0 Å². The van der Waals surface area contributed by atoms with Crippen LogP contribution >= 0.6 is 0 Å². The molecular weight excluding hydrogens is 290 g/mol. The Morgan fingerprint density at radius 2 is 1.91 bits per heavy atom. The molecule has 1 heterocycles. The lowest BCUT2D eigenvalue weighted by molar-refractivity contribution is 0.154. The maximum absolute atomic E-state index is 11.6. The lowest BCUT2D eigenvalue weighted by Crippen LogP contribution is -2.12. The summed E-state index contributed by atoms with van der Waals surface area (Å²) in [5.41, 5.74) is 0.953. The number of nitrogens with zero attached hydrogens (tertiary/aromatic N) is 3. The maximum Gasteiger partial charge on any atom is 0.434 e. The van der Waals surface area contributed by atoms with Crippen molar-refractivity contribution in [3.63, 3.8) is 0 Å². The molecule has 0 saturated heterocycles. The number of rotatable bonds is 7. The van der Waals surface area contributed by atoms with Gasteiger partial charge in [0.1, 0.15) is 0 Å². The Bertz CT molecular complexity index is 645. The Labute approximate surface area is 136 Å². The molecule has 5 heteroatoms. The molecule has 0 aliphatic carbocycles. The molecule has 0 fully saturated rings. The summed E-state index contributed by atoms with van der Waals surface area (Å²) in [5, 5.41) is 4.74. The number of aromatic nitrogens is 2. The summed E-state index contributed by atoms with van der Waals surface area (Å²) in [4.78, 5) is 15.5. The fraction of sp³-hybridized carbons (Fsp3) is 0.389. The standard InChI is InChI=1S/C18H23N3O2/c1-2-3-4-5-9-14-23-18(22)20-16-12-13-21(19-15-16)17-10-7-6-8-11-17/h6-8,10-13,15H,2-5,9,14H2,1H3/b20-16+. The van der Waals surface area contributed by atoms with Gasteiger partial charge in [-0.05, 0) is 24.6 Å². The normalized spacial score (nSPS) is 11.4. The Hall–Kier alpha value is -2.43. The molecule has 122 valence electrons. The molecule has 0 spiro atoms. The first-order chi connectivity index (χ1) is 11.3. The lowest BCUT2D eigenvalue weighted by Gasteiger charge is -2.03. The van der Waals surface area contributed by atoms with E-state index in [9.17, 15) is 4.79 Å². The van der Waals surface area contributed by atoms with Crippen LogP contribution in [0.3, 0.4) is 0 Å². The highest BCUT2D eigenvalue weighted by molar-refractivity contribution is 5.68. The second-order valence-electron chi connectivity index (χ2n) is 5.31. The van der Waals surface area contributed by atoms with Crippen molar-refractivity contribution in [2.75, 3.05) is 6.61 Å². The van der Waals surface area contributed by atoms with Gasteiger partial charge in [0.25, 0.3) is 0 Å². The average molecular weight is 313 g/mol. The fourth-order valence-electron chi connectivity index (χ4n) is 2.15. The Morgan fingerprint density at radius 3 is 2.61 bits per heavy atom. The van der Waals surface area contributed by atoms with E-state index in [0.29, 0.717) is 12.0 Å². The Balaban J connectivity index is 1.84. The summed E-state index contributed by atoms with van der Waals surface area (Å²) >= 11 is 0. The molecular formula is C18H23N3O2. The highest BCUT2D eigenvalue weighted by Crippen LogP contribution is 2.03. The van der Waals surface area contributed by atoms with Gasteiger partial charge in [-0.1, -0.05) is 50.8 Å². The van der Waals surface area contributed by atoms with Crippen molar-refractivity contribution in [2.24, 2.45) is 4.99 Å². The van der Waals surface area contributed by atoms with Gasteiger partial charge in [-0.15, -0.1) is 0 Å². The summed E-state index contributed by atoms with van der Waals surface area (Å²) in [6, 6.07) is 11.5. The second kappa shape index (κ2) is 9.56. The van der Waals surface area contributed by atoms with Gasteiger partial charge in [0.15, 0.2) is 0 Å². The molecule has 1 amide bonds. The topological polar surface area (TPSA) is 56.5 Å². The minimum atomic E-state index is -0.556. The predicted molar refractivity (Wildman–Crippen MR) is 89.2 cm³/mol. The Morgan fingerprint density at radius 1 is 1.13 bits per heavy atom. The van der Waals surface area contributed by atoms with Gasteiger partial charge in [-0.25, -0.2) is 9.48 Å². The van der Waals surface area contributed by atoms with Crippen LogP contribution in [0.4, 0.5) is 4.79 Å². The van der Waals surface area contributed by atoms with Gasteiger partial charge in [0.2, 0.25) is 0 Å². The zero-order chi connectivity index (χ0) is 16.3. The third-order valence-electron chi connectivity index (χ3n) is 3.42. The molecule has 0 atom stereocenters. The third kappa shape index (κ3) is 6.06. The van der Waals surface area contributed by atoms with Gasteiger partial charge < -0.3 is 4.74 Å². The average Bonchev–Trinajstić information content (AvgIpc) is 2.59. The molecule has 5 nitrogen and oxygen atoms in total. The van der Waals surface area contributed by atoms with Crippen LogP contribution in [0, 0.1) is 0 Å². The zero-order valence-electron chi connectivity index (χ0n) is 13.5. The van der Waals surface area contributed by atoms with E-state index in [0.717, 1.165) is 18.5 Å². The summed E-state index contributed by atoms with van der Waals surface area (Å²) in [6.07, 6.45) is 8.37. The highest BCUT2D eigenvalue weighted by atomic mass is 16.5. The molecule has 23 heavy (non-hydrogen) atoms. The minimum Gasteiger partial charge on any atom is -0.448 e. The number of carbonyl (C=O) groups excluding carboxylic acids is 1. The van der Waals surface area contributed by atoms with Crippen molar-refractivity contribution in [1.82, 2.24) is 9.78 Å². The van der Waals surface area contributed by atoms with Crippen LogP contribution in [0.15, 0.2) is 53.8 Å². The number of amides is 1. The first-order valence-electron chi connectivity index (χ1n) is 8.11. The van der Waals surface area contributed by atoms with Gasteiger partial charge >= 0.3 is 6.09 Å². The molecule has 1 aromatic carbocycles. The number of hydrogen-bond donors (Lipinski definition) is 0. The van der Waals surface area contributed by atoms with E-state index in [1.807, 2.05) is 30.3 Å². The number of carbonyl (C=O) groups is 1. The SMILES string of the molecule is CCCCCCCOC(=O)/N=c1\ccn(-c2ccccc2)nc1. The van der Waals surface area contributed by atoms with Crippen LogP contribution in [0.25, 0.3) is 5.69 Å². The largest absolute Gasteiger partial charge is 0.448 e. The molecule has 0 aliphatic heterocycles. The number of para-hydroxylation sites is 1. The summed E-state index contributed by atoms with van der Waals surface area (Å²) in [5.74, 6) is 0. The molecule has 2 aromatic rings. The molecule has 0 radical (unpaired) electrons. The van der Waals surface area contributed by atoms with Crippen LogP contribution < -0.4 is 5.36 Å². The van der Waals surface area contributed by atoms with Crippen molar-refractivity contribution in [1.29, 1.82) is 0 Å². The summed E-state index contributed by atoms with van der Waals surface area (Å²) < 4.78 is 6.82. The van der Waals surface area contributed by atoms with E-state index in [-0.39, 0.29) is 0 Å². The first-order valence-corrected chi connectivity index (χ1v) is 8.11. The molecule has 0 bridgehead atoms. The number of ether oxygens (including phenoxy) is 1. The maximum atomic E-state index is 11.6. The molecule has 2 rings (SSSR count). The highest BCUT2D eigenvalue weighted by Gasteiger charge is 1.99. The smallest absolute Gasteiger partial charge is 0.434 e. The van der Waals surface area contributed by atoms with Crippen LogP contribution in [0.5, 0.6) is 0 Å². The lowest BCUT2D eigenvalue weighted by atomic mass is 10.2.